The third kappa shape index (κ3) is 12.0. The Balaban J connectivity index is -0.000000103. The van der Waals surface area contributed by atoms with Gasteiger partial charge in [0.2, 0.25) is 0 Å². The third-order valence-electron chi connectivity index (χ3n) is 3.31. The Morgan fingerprint density at radius 1 is 0.783 bits per heavy atom. The van der Waals surface area contributed by atoms with Gasteiger partial charge < -0.3 is 28.2 Å². The van der Waals surface area contributed by atoms with Gasteiger partial charge in [0.25, 0.3) is 0 Å². The van der Waals surface area contributed by atoms with Gasteiger partial charge >= 0.3 is 24.4 Å². The van der Waals surface area contributed by atoms with Gasteiger partial charge in [0.1, 0.15) is 17.3 Å². The van der Waals surface area contributed by atoms with Crippen molar-refractivity contribution < 1.29 is 28.2 Å². The van der Waals surface area contributed by atoms with Gasteiger partial charge in [-0.05, 0) is 34.7 Å². The molecule has 0 aromatic heterocycles. The van der Waals surface area contributed by atoms with Crippen LogP contribution in [0.15, 0.2) is 24.3 Å². The fourth-order valence-corrected chi connectivity index (χ4v) is 4.58. The van der Waals surface area contributed by atoms with Crippen LogP contribution in [-0.2, 0) is 22.1 Å². The summed E-state index contributed by atoms with van der Waals surface area (Å²) in [4.78, 5) is 0. The molecule has 1 heterocycles. The van der Waals surface area contributed by atoms with Crippen molar-refractivity contribution in [2.45, 2.75) is 44.8 Å². The Morgan fingerprint density at radius 3 is 1.52 bits per heavy atom. The van der Waals surface area contributed by atoms with Crippen molar-refractivity contribution >= 4 is 35.3 Å². The zero-order valence-electron chi connectivity index (χ0n) is 13.7. The molecule has 1 aromatic carbocycles. The van der Waals surface area contributed by atoms with Gasteiger partial charge in [-0.25, -0.2) is 0 Å². The summed E-state index contributed by atoms with van der Waals surface area (Å²) in [6.07, 6.45) is 2.92. The minimum absolute atomic E-state index is 0. The maximum atomic E-state index is 2.34. The van der Waals surface area contributed by atoms with E-state index < -0.39 is 0 Å². The Bertz CT molecular complexity index is 350. The van der Waals surface area contributed by atoms with E-state index in [1.165, 1.54) is 35.7 Å². The van der Waals surface area contributed by atoms with E-state index >= 15 is 0 Å². The fourth-order valence-electron chi connectivity index (χ4n) is 2.20. The van der Waals surface area contributed by atoms with Gasteiger partial charge in [-0.2, -0.15) is 0 Å². The number of hydrogen-bond donors (Lipinski definition) is 0. The number of hydrogen-bond acceptors (Lipinski definition) is 0. The van der Waals surface area contributed by atoms with E-state index in [-0.39, 0.29) is 58.1 Å². The van der Waals surface area contributed by atoms with E-state index in [1.54, 1.807) is 5.56 Å². The van der Waals surface area contributed by atoms with Crippen molar-refractivity contribution in [2.24, 2.45) is 0 Å². The Kier molecular flexibility index (Phi) is 28.1. The molecule has 0 saturated carbocycles. The van der Waals surface area contributed by atoms with Gasteiger partial charge in [0, 0.05) is 5.56 Å². The van der Waals surface area contributed by atoms with E-state index in [0.717, 1.165) is 0 Å². The molecule has 2 rings (SSSR count). The first-order chi connectivity index (χ1) is 7.55. The summed E-state index contributed by atoms with van der Waals surface area (Å²) in [7, 11) is 0.694. The molecule has 0 atom stereocenters. The van der Waals surface area contributed by atoms with Crippen molar-refractivity contribution in [3.8, 4) is 0 Å². The summed E-state index contributed by atoms with van der Waals surface area (Å²) >= 11 is 0. The molecule has 0 amide bonds. The molecule has 8 heteroatoms. The Morgan fingerprint density at radius 2 is 1.17 bits per heavy atom. The molecule has 0 N–H and O–H groups in total. The number of benzene rings is 1. The third-order valence-corrected chi connectivity index (χ3v) is 5.78. The molecule has 0 spiro atoms. The second-order valence-electron chi connectivity index (χ2n) is 5.82. The summed E-state index contributed by atoms with van der Waals surface area (Å²) in [6.45, 7) is 6.84. The van der Waals surface area contributed by atoms with E-state index in [9.17, 15) is 0 Å². The molecular formula is C15H26F6SSb-5. The van der Waals surface area contributed by atoms with Crippen molar-refractivity contribution in [3.63, 3.8) is 0 Å². The summed E-state index contributed by atoms with van der Waals surface area (Å²) in [6, 6.07) is 9.31. The van der Waals surface area contributed by atoms with Crippen LogP contribution in [0.25, 0.3) is 0 Å². The monoisotopic (exact) mass is 473 g/mol. The van der Waals surface area contributed by atoms with Crippen LogP contribution in [0.1, 0.15) is 44.7 Å². The zero-order valence-corrected chi connectivity index (χ0v) is 18.6. The van der Waals surface area contributed by atoms with Gasteiger partial charge in [-0.1, -0.05) is 45.0 Å². The normalized spacial score (nSPS) is 12.5. The average Bonchev–Trinajstić information content (AvgIpc) is 2.70. The van der Waals surface area contributed by atoms with Crippen LogP contribution in [0, 0.1) is 0 Å². The van der Waals surface area contributed by atoms with E-state index in [4.69, 9.17) is 0 Å². The van der Waals surface area contributed by atoms with Gasteiger partial charge in [-0.15, -0.1) is 0 Å². The summed E-state index contributed by atoms with van der Waals surface area (Å²) in [5.41, 5.74) is 3.28. The molecule has 1 fully saturated rings. The first kappa shape index (κ1) is 38.5. The molecule has 1 saturated heterocycles. The topological polar surface area (TPSA) is 0 Å². The Hall–Kier alpha value is -0.0318. The summed E-state index contributed by atoms with van der Waals surface area (Å²) in [5.74, 6) is 4.27. The molecule has 1 aliphatic heterocycles. The van der Waals surface area contributed by atoms with Crippen LogP contribution in [0.3, 0.4) is 0 Å². The van der Waals surface area contributed by atoms with Gasteiger partial charge in [0.05, 0.1) is 0 Å². The van der Waals surface area contributed by atoms with E-state index in [2.05, 4.69) is 45.0 Å². The fraction of sp³-hybridized carbons (Fsp3) is 0.600. The molecule has 0 bridgehead atoms. The maximum absolute atomic E-state index is 2.34. The first-order valence-corrected chi connectivity index (χ1v) is 8.02. The second kappa shape index (κ2) is 16.8. The van der Waals surface area contributed by atoms with Crippen LogP contribution in [-0.4, -0.2) is 35.9 Å². The quantitative estimate of drug-likeness (QED) is 0.227. The first-order valence-electron chi connectivity index (χ1n) is 6.29. The van der Waals surface area contributed by atoms with Crippen LogP contribution in [0.5, 0.6) is 0 Å². The zero-order chi connectivity index (χ0) is 11.6. The van der Waals surface area contributed by atoms with Gasteiger partial charge in [-0.3, -0.25) is 0 Å². The molecule has 0 unspecified atom stereocenters. The average molecular weight is 474 g/mol. The standard InChI is InChI=1S/C15H23S.6FH.Sb.3H/c1-15(2,3)14-8-6-13(7-9-14)12-16-10-4-5-11-16;;;;;;;;;;/h6-9H,4-5,10-12H2,1-3H3;6*1H;;;;/q+1;;;;;;;;;;/p-6. The van der Waals surface area contributed by atoms with Crippen molar-refractivity contribution in [3.05, 3.63) is 35.4 Å². The summed E-state index contributed by atoms with van der Waals surface area (Å²) in [5, 5.41) is 0. The van der Waals surface area contributed by atoms with E-state index in [0.29, 0.717) is 10.9 Å². The molecule has 1 aliphatic rings. The van der Waals surface area contributed by atoms with Crippen molar-refractivity contribution in [2.75, 3.05) is 11.5 Å². The van der Waals surface area contributed by atoms with Crippen LogP contribution in [0.2, 0.25) is 0 Å². The predicted octanol–water partition coefficient (Wildman–Crippen LogP) is -15.3. The van der Waals surface area contributed by atoms with Gasteiger partial charge in [0.15, 0.2) is 0 Å². The molecular weight excluding hydrogens is 448 g/mol. The molecule has 0 nitrogen and oxygen atoms in total. The molecule has 1 aromatic rings. The van der Waals surface area contributed by atoms with Crippen LogP contribution >= 0.6 is 0 Å². The Labute approximate surface area is 155 Å². The summed E-state index contributed by atoms with van der Waals surface area (Å²) < 4.78 is 0. The molecule has 0 radical (unpaired) electrons. The van der Waals surface area contributed by atoms with E-state index in [1.807, 2.05) is 0 Å². The second-order valence-corrected chi connectivity index (χ2v) is 8.15. The van der Waals surface area contributed by atoms with Crippen LogP contribution < -0.4 is 28.2 Å². The minimum atomic E-state index is 0. The van der Waals surface area contributed by atoms with Crippen LogP contribution in [0.4, 0.5) is 0 Å². The molecule has 144 valence electrons. The molecule has 23 heavy (non-hydrogen) atoms. The SMILES string of the molecule is CC(C)(C)c1ccc(C[S+]2CCCC2)cc1.[F-].[F-].[F-].[F-].[F-].[F-].[SbH3]. The molecule has 0 aliphatic carbocycles. The number of halogens is 6. The number of rotatable bonds is 2. The van der Waals surface area contributed by atoms with Crippen molar-refractivity contribution in [1.29, 1.82) is 0 Å². The predicted molar refractivity (Wildman–Crippen MR) is 85.1 cm³/mol. The van der Waals surface area contributed by atoms with Crippen molar-refractivity contribution in [1.82, 2.24) is 0 Å².